The van der Waals surface area contributed by atoms with Gasteiger partial charge in [-0.1, -0.05) is 26.7 Å². The quantitative estimate of drug-likeness (QED) is 0.727. The Bertz CT molecular complexity index is 229. The molecule has 1 atom stereocenters. The van der Waals surface area contributed by atoms with E-state index in [9.17, 15) is 0 Å². The Morgan fingerprint density at radius 2 is 2.00 bits per heavy atom. The lowest BCUT2D eigenvalue weighted by Crippen LogP contribution is -2.48. The van der Waals surface area contributed by atoms with Crippen molar-refractivity contribution in [2.24, 2.45) is 16.6 Å². The smallest absolute Gasteiger partial charge is 0.191 e. The number of hydrogen-bond donors (Lipinski definition) is 1. The summed E-state index contributed by atoms with van der Waals surface area (Å²) in [6.07, 6.45) is 5.33. The van der Waals surface area contributed by atoms with E-state index >= 15 is 0 Å². The molecule has 2 aliphatic rings. The monoisotopic (exact) mass is 195 g/mol. The third-order valence-electron chi connectivity index (χ3n) is 3.55. The molecule has 0 radical (unpaired) electrons. The van der Waals surface area contributed by atoms with Crippen LogP contribution in [0.3, 0.4) is 0 Å². The fourth-order valence-corrected chi connectivity index (χ4v) is 2.70. The zero-order chi connectivity index (χ0) is 10.1. The van der Waals surface area contributed by atoms with Crippen molar-refractivity contribution in [3.05, 3.63) is 0 Å². The molecule has 1 fully saturated rings. The molecule has 3 nitrogen and oxygen atoms in total. The van der Waals surface area contributed by atoms with Gasteiger partial charge < -0.3 is 10.6 Å². The second-order valence-corrected chi connectivity index (χ2v) is 4.86. The average molecular weight is 195 g/mol. The van der Waals surface area contributed by atoms with Crippen molar-refractivity contribution in [2.45, 2.75) is 51.6 Å². The number of nitrogens with zero attached hydrogens (tertiary/aromatic N) is 2. The molecule has 0 aromatic carbocycles. The van der Waals surface area contributed by atoms with Gasteiger partial charge in [-0.3, -0.25) is 4.99 Å². The van der Waals surface area contributed by atoms with E-state index in [0.29, 0.717) is 18.0 Å². The standard InChI is InChI=1S/C11H21N3/c1-8(2)10-7-13-11(12)14(10)9-5-3-4-6-9/h8-10H,3-7H2,1-2H3,(H2,12,13). The van der Waals surface area contributed by atoms with Gasteiger partial charge in [-0.2, -0.15) is 0 Å². The zero-order valence-electron chi connectivity index (χ0n) is 9.24. The molecular weight excluding hydrogens is 174 g/mol. The van der Waals surface area contributed by atoms with Gasteiger partial charge in [0.2, 0.25) is 0 Å². The van der Waals surface area contributed by atoms with Gasteiger partial charge in [0.15, 0.2) is 5.96 Å². The van der Waals surface area contributed by atoms with E-state index < -0.39 is 0 Å². The van der Waals surface area contributed by atoms with Crippen LogP contribution >= 0.6 is 0 Å². The molecule has 80 valence electrons. The number of nitrogens with two attached hydrogens (primary N) is 1. The molecule has 1 aliphatic carbocycles. The van der Waals surface area contributed by atoms with E-state index in [-0.39, 0.29) is 0 Å². The van der Waals surface area contributed by atoms with Gasteiger partial charge in [0.05, 0.1) is 12.6 Å². The van der Waals surface area contributed by atoms with Crippen LogP contribution < -0.4 is 5.73 Å². The summed E-state index contributed by atoms with van der Waals surface area (Å²) in [7, 11) is 0. The summed E-state index contributed by atoms with van der Waals surface area (Å²) in [4.78, 5) is 6.77. The molecule has 1 heterocycles. The van der Waals surface area contributed by atoms with Gasteiger partial charge >= 0.3 is 0 Å². The summed E-state index contributed by atoms with van der Waals surface area (Å²) in [6.45, 7) is 5.43. The highest BCUT2D eigenvalue weighted by atomic mass is 15.3. The van der Waals surface area contributed by atoms with Crippen molar-refractivity contribution in [2.75, 3.05) is 6.54 Å². The maximum absolute atomic E-state index is 5.96. The van der Waals surface area contributed by atoms with E-state index in [0.717, 1.165) is 12.5 Å². The van der Waals surface area contributed by atoms with Crippen molar-refractivity contribution in [3.8, 4) is 0 Å². The number of rotatable bonds is 2. The first kappa shape index (κ1) is 9.81. The molecule has 1 aliphatic heterocycles. The molecule has 0 bridgehead atoms. The summed E-state index contributed by atoms with van der Waals surface area (Å²) < 4.78 is 0. The Labute approximate surface area is 86.4 Å². The van der Waals surface area contributed by atoms with Gasteiger partial charge in [0.1, 0.15) is 0 Å². The van der Waals surface area contributed by atoms with E-state index in [4.69, 9.17) is 5.73 Å². The molecule has 0 aromatic rings. The topological polar surface area (TPSA) is 41.6 Å². The Morgan fingerprint density at radius 1 is 1.36 bits per heavy atom. The number of guanidine groups is 1. The van der Waals surface area contributed by atoms with Gasteiger partial charge in [0.25, 0.3) is 0 Å². The second kappa shape index (κ2) is 3.79. The minimum Gasteiger partial charge on any atom is -0.370 e. The maximum Gasteiger partial charge on any atom is 0.191 e. The van der Waals surface area contributed by atoms with Crippen LogP contribution in [0, 0.1) is 5.92 Å². The van der Waals surface area contributed by atoms with E-state index in [1.807, 2.05) is 0 Å². The first-order valence-electron chi connectivity index (χ1n) is 5.78. The molecule has 0 amide bonds. The average Bonchev–Trinajstić information content (AvgIpc) is 2.71. The van der Waals surface area contributed by atoms with Crippen molar-refractivity contribution < 1.29 is 0 Å². The Morgan fingerprint density at radius 3 is 2.57 bits per heavy atom. The molecule has 0 spiro atoms. The molecular formula is C11H21N3. The van der Waals surface area contributed by atoms with Crippen molar-refractivity contribution in [1.82, 2.24) is 4.90 Å². The largest absolute Gasteiger partial charge is 0.370 e. The number of aliphatic imine (C=N–C) groups is 1. The normalized spacial score (nSPS) is 28.9. The van der Waals surface area contributed by atoms with E-state index in [1.165, 1.54) is 25.7 Å². The highest BCUT2D eigenvalue weighted by molar-refractivity contribution is 5.80. The molecule has 0 aromatic heterocycles. The first-order chi connectivity index (χ1) is 6.70. The van der Waals surface area contributed by atoms with Gasteiger partial charge in [-0.15, -0.1) is 0 Å². The van der Waals surface area contributed by atoms with Gasteiger partial charge in [0, 0.05) is 6.04 Å². The van der Waals surface area contributed by atoms with Crippen LogP contribution in [0.4, 0.5) is 0 Å². The van der Waals surface area contributed by atoms with Crippen LogP contribution in [0.1, 0.15) is 39.5 Å². The fourth-order valence-electron chi connectivity index (χ4n) is 2.70. The zero-order valence-corrected chi connectivity index (χ0v) is 9.24. The predicted octanol–water partition coefficient (Wildman–Crippen LogP) is 1.58. The van der Waals surface area contributed by atoms with E-state index in [2.05, 4.69) is 23.7 Å². The third-order valence-corrected chi connectivity index (χ3v) is 3.55. The molecule has 14 heavy (non-hydrogen) atoms. The summed E-state index contributed by atoms with van der Waals surface area (Å²) in [5.74, 6) is 1.44. The van der Waals surface area contributed by atoms with Crippen LogP contribution in [0.5, 0.6) is 0 Å². The van der Waals surface area contributed by atoms with Crippen molar-refractivity contribution in [1.29, 1.82) is 0 Å². The Hall–Kier alpha value is -0.730. The summed E-state index contributed by atoms with van der Waals surface area (Å²) in [6, 6.07) is 1.23. The Kier molecular flexibility index (Phi) is 2.66. The first-order valence-corrected chi connectivity index (χ1v) is 5.78. The fraction of sp³-hybridized carbons (Fsp3) is 0.909. The highest BCUT2D eigenvalue weighted by Crippen LogP contribution is 2.29. The lowest BCUT2D eigenvalue weighted by molar-refractivity contribution is 0.214. The lowest BCUT2D eigenvalue weighted by atomic mass is 10.0. The molecule has 3 heteroatoms. The lowest BCUT2D eigenvalue weighted by Gasteiger charge is -2.34. The van der Waals surface area contributed by atoms with Crippen molar-refractivity contribution >= 4 is 5.96 Å². The van der Waals surface area contributed by atoms with Gasteiger partial charge in [-0.05, 0) is 18.8 Å². The van der Waals surface area contributed by atoms with Crippen LogP contribution in [0.15, 0.2) is 4.99 Å². The minimum absolute atomic E-state index is 0.554. The van der Waals surface area contributed by atoms with Crippen molar-refractivity contribution in [3.63, 3.8) is 0 Å². The minimum atomic E-state index is 0.554. The summed E-state index contributed by atoms with van der Waals surface area (Å²) in [5.41, 5.74) is 5.96. The molecule has 2 N–H and O–H groups in total. The van der Waals surface area contributed by atoms with Crippen LogP contribution in [0.25, 0.3) is 0 Å². The molecule has 1 saturated carbocycles. The summed E-state index contributed by atoms with van der Waals surface area (Å²) in [5, 5.41) is 0. The van der Waals surface area contributed by atoms with Crippen LogP contribution in [-0.2, 0) is 0 Å². The maximum atomic E-state index is 5.96. The molecule has 1 unspecified atom stereocenters. The molecule has 0 saturated heterocycles. The van der Waals surface area contributed by atoms with Crippen LogP contribution in [0.2, 0.25) is 0 Å². The molecule has 2 rings (SSSR count). The number of hydrogen-bond acceptors (Lipinski definition) is 3. The second-order valence-electron chi connectivity index (χ2n) is 4.86. The van der Waals surface area contributed by atoms with Crippen LogP contribution in [-0.4, -0.2) is 29.5 Å². The highest BCUT2D eigenvalue weighted by Gasteiger charge is 2.34. The SMILES string of the molecule is CC(C)C1CN=C(N)N1C1CCCC1. The summed E-state index contributed by atoms with van der Waals surface area (Å²) >= 11 is 0. The van der Waals surface area contributed by atoms with E-state index in [1.54, 1.807) is 0 Å². The predicted molar refractivity (Wildman–Crippen MR) is 59.2 cm³/mol. The Balaban J connectivity index is 2.08. The van der Waals surface area contributed by atoms with Gasteiger partial charge in [-0.25, -0.2) is 0 Å². The third kappa shape index (κ3) is 1.60.